The van der Waals surface area contributed by atoms with Crippen LogP contribution in [0.5, 0.6) is 11.5 Å². The highest BCUT2D eigenvalue weighted by Crippen LogP contribution is 2.31. The quantitative estimate of drug-likeness (QED) is 0.493. The molecule has 0 amide bonds. The van der Waals surface area contributed by atoms with Crippen LogP contribution in [0, 0.1) is 0 Å². The largest absolute Gasteiger partial charge is 0.493 e. The number of ether oxygens (including phenoxy) is 3. The van der Waals surface area contributed by atoms with E-state index < -0.39 is 37.3 Å². The van der Waals surface area contributed by atoms with Gasteiger partial charge in [0.15, 0.2) is 11.5 Å². The first-order valence-corrected chi connectivity index (χ1v) is 6.62. The zero-order valence-corrected chi connectivity index (χ0v) is 11.8. The van der Waals surface area contributed by atoms with E-state index in [1.807, 2.05) is 0 Å². The van der Waals surface area contributed by atoms with Crippen LogP contribution in [0.3, 0.4) is 0 Å². The van der Waals surface area contributed by atoms with Crippen molar-refractivity contribution >= 4 is 6.29 Å². The fourth-order valence-corrected chi connectivity index (χ4v) is 2.14. The van der Waals surface area contributed by atoms with Gasteiger partial charge in [0, 0.05) is 5.56 Å². The van der Waals surface area contributed by atoms with E-state index in [9.17, 15) is 20.1 Å². The van der Waals surface area contributed by atoms with Crippen LogP contribution in [0.4, 0.5) is 0 Å². The second kappa shape index (κ2) is 7.03. The number of methoxy groups -OCH3 is 1. The van der Waals surface area contributed by atoms with Gasteiger partial charge in [0.2, 0.25) is 6.29 Å². The van der Waals surface area contributed by atoms with E-state index >= 15 is 0 Å². The van der Waals surface area contributed by atoms with Crippen molar-refractivity contribution in [1.82, 2.24) is 0 Å². The van der Waals surface area contributed by atoms with Crippen molar-refractivity contribution in [3.05, 3.63) is 23.8 Å². The van der Waals surface area contributed by atoms with Gasteiger partial charge in [-0.3, -0.25) is 4.79 Å². The molecule has 8 nitrogen and oxygen atoms in total. The van der Waals surface area contributed by atoms with Crippen LogP contribution < -0.4 is 9.47 Å². The lowest BCUT2D eigenvalue weighted by atomic mass is 9.99. The van der Waals surface area contributed by atoms with Crippen molar-refractivity contribution in [2.75, 3.05) is 13.7 Å². The zero-order valence-electron chi connectivity index (χ0n) is 11.8. The topological polar surface area (TPSA) is 126 Å². The molecule has 22 heavy (non-hydrogen) atoms. The maximum atomic E-state index is 10.7. The van der Waals surface area contributed by atoms with Gasteiger partial charge in [-0.05, 0) is 18.2 Å². The predicted molar refractivity (Wildman–Crippen MR) is 72.8 cm³/mol. The second-order valence-corrected chi connectivity index (χ2v) is 4.84. The van der Waals surface area contributed by atoms with Crippen molar-refractivity contribution in [2.24, 2.45) is 0 Å². The fraction of sp³-hybridized carbons (Fsp3) is 0.500. The lowest BCUT2D eigenvalue weighted by molar-refractivity contribution is -0.277. The third-order valence-corrected chi connectivity index (χ3v) is 3.42. The SMILES string of the molecule is COc1cc(C=O)ccc1O[C@H]1O[C@H](CO)[C@@H](O)[C@H](O)[C@@H]1O. The van der Waals surface area contributed by atoms with Crippen LogP contribution >= 0.6 is 0 Å². The molecular formula is C14H18O8. The van der Waals surface area contributed by atoms with E-state index in [0.717, 1.165) is 0 Å². The number of aliphatic hydroxyl groups is 4. The molecule has 0 unspecified atom stereocenters. The Hall–Kier alpha value is -1.71. The van der Waals surface area contributed by atoms with Gasteiger partial charge in [-0.1, -0.05) is 0 Å². The summed E-state index contributed by atoms with van der Waals surface area (Å²) in [6.45, 7) is -0.550. The summed E-state index contributed by atoms with van der Waals surface area (Å²) < 4.78 is 15.8. The van der Waals surface area contributed by atoms with Gasteiger partial charge >= 0.3 is 0 Å². The molecule has 0 spiro atoms. The number of rotatable bonds is 5. The molecular weight excluding hydrogens is 296 g/mol. The van der Waals surface area contributed by atoms with Gasteiger partial charge in [0.05, 0.1) is 13.7 Å². The molecule has 8 heteroatoms. The average Bonchev–Trinajstić information content (AvgIpc) is 2.55. The van der Waals surface area contributed by atoms with E-state index in [4.69, 9.17) is 19.3 Å². The molecule has 1 aromatic carbocycles. The number of aldehydes is 1. The Morgan fingerprint density at radius 3 is 2.50 bits per heavy atom. The Morgan fingerprint density at radius 1 is 1.18 bits per heavy atom. The molecule has 1 fully saturated rings. The molecule has 1 saturated heterocycles. The van der Waals surface area contributed by atoms with Gasteiger partial charge in [-0.25, -0.2) is 0 Å². The lowest BCUT2D eigenvalue weighted by Gasteiger charge is -2.39. The molecule has 0 bridgehead atoms. The van der Waals surface area contributed by atoms with Crippen molar-refractivity contribution in [3.63, 3.8) is 0 Å². The molecule has 1 heterocycles. The molecule has 5 atom stereocenters. The standard InChI is InChI=1S/C14H18O8/c1-20-9-4-7(5-15)2-3-8(9)21-14-13(19)12(18)11(17)10(6-16)22-14/h2-5,10-14,16-19H,6H2,1H3/t10-,11-,12+,13+,14+/m1/s1. The van der Waals surface area contributed by atoms with Crippen LogP contribution in [-0.2, 0) is 4.74 Å². The predicted octanol–water partition coefficient (Wildman–Crippen LogP) is -1.31. The maximum absolute atomic E-state index is 10.7. The van der Waals surface area contributed by atoms with E-state index in [2.05, 4.69) is 0 Å². The monoisotopic (exact) mass is 314 g/mol. The van der Waals surface area contributed by atoms with Crippen LogP contribution in [0.15, 0.2) is 18.2 Å². The molecule has 0 radical (unpaired) electrons. The highest BCUT2D eigenvalue weighted by atomic mass is 16.7. The van der Waals surface area contributed by atoms with E-state index in [-0.39, 0.29) is 11.5 Å². The minimum Gasteiger partial charge on any atom is -0.493 e. The van der Waals surface area contributed by atoms with Gasteiger partial charge in [-0.2, -0.15) is 0 Å². The molecule has 0 aromatic heterocycles. The molecule has 1 aliphatic rings. The molecule has 0 saturated carbocycles. The maximum Gasteiger partial charge on any atom is 0.229 e. The summed E-state index contributed by atoms with van der Waals surface area (Å²) in [5.74, 6) is 0.416. The molecule has 122 valence electrons. The molecule has 4 N–H and O–H groups in total. The average molecular weight is 314 g/mol. The Labute approximate surface area is 126 Å². The van der Waals surface area contributed by atoms with Crippen LogP contribution in [0.1, 0.15) is 10.4 Å². The summed E-state index contributed by atoms with van der Waals surface area (Å²) in [5.41, 5.74) is 0.373. The summed E-state index contributed by atoms with van der Waals surface area (Å²) in [6.07, 6.45) is -6.25. The number of aliphatic hydroxyl groups excluding tert-OH is 4. The van der Waals surface area contributed by atoms with Gasteiger partial charge in [0.1, 0.15) is 30.7 Å². The minimum atomic E-state index is -1.53. The van der Waals surface area contributed by atoms with Crippen LogP contribution in [0.25, 0.3) is 0 Å². The highest BCUT2D eigenvalue weighted by molar-refractivity contribution is 5.76. The third kappa shape index (κ3) is 3.21. The zero-order chi connectivity index (χ0) is 16.3. The first-order chi connectivity index (χ1) is 10.5. The summed E-state index contributed by atoms with van der Waals surface area (Å²) >= 11 is 0. The summed E-state index contributed by atoms with van der Waals surface area (Å²) in [7, 11) is 1.38. The first-order valence-electron chi connectivity index (χ1n) is 6.62. The Kier molecular flexibility index (Phi) is 5.33. The van der Waals surface area contributed by atoms with Crippen LogP contribution in [-0.4, -0.2) is 71.1 Å². The van der Waals surface area contributed by atoms with Gasteiger partial charge in [-0.15, -0.1) is 0 Å². The minimum absolute atomic E-state index is 0.178. The lowest BCUT2D eigenvalue weighted by Crippen LogP contribution is -2.60. The third-order valence-electron chi connectivity index (χ3n) is 3.42. The van der Waals surface area contributed by atoms with Crippen molar-refractivity contribution in [2.45, 2.75) is 30.7 Å². The van der Waals surface area contributed by atoms with E-state index in [1.54, 1.807) is 0 Å². The normalized spacial score (nSPS) is 31.6. The first kappa shape index (κ1) is 16.7. The highest BCUT2D eigenvalue weighted by Gasteiger charge is 2.44. The van der Waals surface area contributed by atoms with Crippen molar-refractivity contribution in [3.8, 4) is 11.5 Å². The van der Waals surface area contributed by atoms with Gasteiger partial charge < -0.3 is 34.6 Å². The summed E-state index contributed by atoms with van der Waals surface area (Å²) in [4.78, 5) is 10.7. The fourth-order valence-electron chi connectivity index (χ4n) is 2.14. The second-order valence-electron chi connectivity index (χ2n) is 4.84. The van der Waals surface area contributed by atoms with Gasteiger partial charge in [0.25, 0.3) is 0 Å². The smallest absolute Gasteiger partial charge is 0.229 e. The van der Waals surface area contributed by atoms with Crippen LogP contribution in [0.2, 0.25) is 0 Å². The molecule has 0 aliphatic carbocycles. The van der Waals surface area contributed by atoms with Crippen molar-refractivity contribution in [1.29, 1.82) is 0 Å². The van der Waals surface area contributed by atoms with E-state index in [1.165, 1.54) is 25.3 Å². The van der Waals surface area contributed by atoms with E-state index in [0.29, 0.717) is 11.8 Å². The summed E-state index contributed by atoms with van der Waals surface area (Å²) in [5, 5.41) is 38.4. The number of hydrogen-bond donors (Lipinski definition) is 4. The van der Waals surface area contributed by atoms with Crippen molar-refractivity contribution < 1.29 is 39.4 Å². The Balaban J connectivity index is 2.20. The number of hydrogen-bond acceptors (Lipinski definition) is 8. The number of carbonyl (C=O) groups excluding carboxylic acids is 1. The molecule has 1 aliphatic heterocycles. The number of carbonyl (C=O) groups is 1. The Morgan fingerprint density at radius 2 is 1.91 bits per heavy atom. The summed E-state index contributed by atoms with van der Waals surface area (Å²) in [6, 6.07) is 4.37. The Bertz CT molecular complexity index is 518. The molecule has 2 rings (SSSR count). The number of benzene rings is 1. The molecule has 1 aromatic rings.